The highest BCUT2D eigenvalue weighted by Gasteiger charge is 2.26. The third-order valence-electron chi connectivity index (χ3n) is 0.638. The van der Waals surface area contributed by atoms with E-state index < -0.39 is 5.03 Å². The lowest BCUT2D eigenvalue weighted by Gasteiger charge is -2.07. The third-order valence-corrected chi connectivity index (χ3v) is 0.638. The quantitative estimate of drug-likeness (QED) is 0.108. The Morgan fingerprint density at radius 3 is 2.75 bits per heavy atom. The van der Waals surface area contributed by atoms with Gasteiger partial charge in [-0.2, -0.15) is 10.2 Å². The normalized spacial score (nSPS) is 7.67. The molecule has 0 aliphatic heterocycles. The molecule has 0 aromatic carbocycles. The number of hydrogen-bond donors (Lipinski definition) is 2. The summed E-state index contributed by atoms with van der Waals surface area (Å²) in [7, 11) is 0. The SMILES string of the molecule is N#CN(N(N=[N+]=[N-])NO)[N+](=O)[O-]. The van der Waals surface area contributed by atoms with Gasteiger partial charge in [-0.05, 0) is 5.59 Å². The Morgan fingerprint density at radius 1 is 1.92 bits per heavy atom. The Labute approximate surface area is 64.6 Å². The second-order valence-corrected chi connectivity index (χ2v) is 1.20. The Bertz CT molecular complexity index is 248. The first-order chi connectivity index (χ1) is 5.67. The molecule has 11 heteroatoms. The second-order valence-electron chi connectivity index (χ2n) is 1.20. The second kappa shape index (κ2) is 4.52. The fourth-order valence-electron chi connectivity index (χ4n) is 0.286. The summed E-state index contributed by atoms with van der Waals surface area (Å²) < 4.78 is 0. The van der Waals surface area contributed by atoms with E-state index in [0.717, 1.165) is 11.8 Å². The van der Waals surface area contributed by atoms with Gasteiger partial charge in [-0.25, -0.2) is 10.1 Å². The van der Waals surface area contributed by atoms with Gasteiger partial charge in [-0.15, -0.1) is 5.53 Å². The molecule has 0 rings (SSSR count). The number of nitro groups is 1. The first-order valence-electron chi connectivity index (χ1n) is 2.26. The maximum Gasteiger partial charge on any atom is 0.297 e. The summed E-state index contributed by atoms with van der Waals surface area (Å²) in [5, 5.41) is 27.1. The van der Waals surface area contributed by atoms with Crippen LogP contribution in [0.4, 0.5) is 0 Å². The monoisotopic (exact) mass is 174 g/mol. The zero-order valence-electron chi connectivity index (χ0n) is 5.39. The maximum absolute atomic E-state index is 9.94. The standard InChI is InChI=1S/CH2N8O3/c2-1-7(9(11)12)8(6-10)5-4-3/h6,10H. The Morgan fingerprint density at radius 2 is 2.50 bits per heavy atom. The number of hydrazine groups is 3. The molecular weight excluding hydrogens is 172 g/mol. The van der Waals surface area contributed by atoms with E-state index in [1.165, 1.54) is 0 Å². The summed E-state index contributed by atoms with van der Waals surface area (Å²) in [5.74, 6) is 0. The van der Waals surface area contributed by atoms with E-state index in [1.807, 2.05) is 0 Å². The molecule has 0 saturated heterocycles. The average Bonchev–Trinajstić information content (AvgIpc) is 2.03. The molecule has 0 bridgehead atoms. The van der Waals surface area contributed by atoms with E-state index in [2.05, 4.69) is 10.1 Å². The van der Waals surface area contributed by atoms with Crippen LogP contribution in [0.25, 0.3) is 10.4 Å². The summed E-state index contributed by atoms with van der Waals surface area (Å²) in [5.41, 5.74) is 8.91. The van der Waals surface area contributed by atoms with Crippen LogP contribution in [0, 0.1) is 21.6 Å². The Balaban J connectivity index is 4.57. The van der Waals surface area contributed by atoms with E-state index in [4.69, 9.17) is 16.0 Å². The lowest BCUT2D eigenvalue weighted by atomic mass is 11.3. The lowest BCUT2D eigenvalue weighted by molar-refractivity contribution is -0.688. The van der Waals surface area contributed by atoms with Crippen LogP contribution in [0.3, 0.4) is 0 Å². The van der Waals surface area contributed by atoms with Gasteiger partial charge in [0.25, 0.3) is 6.19 Å². The van der Waals surface area contributed by atoms with Gasteiger partial charge in [0.2, 0.25) is 5.03 Å². The van der Waals surface area contributed by atoms with Crippen molar-refractivity contribution in [3.8, 4) is 6.19 Å². The van der Waals surface area contributed by atoms with Crippen LogP contribution in [0.5, 0.6) is 0 Å². The van der Waals surface area contributed by atoms with Gasteiger partial charge in [0.05, 0.1) is 0 Å². The third kappa shape index (κ3) is 2.15. The van der Waals surface area contributed by atoms with E-state index in [-0.39, 0.29) is 10.3 Å². The molecule has 0 unspecified atom stereocenters. The number of hydrogen-bond acceptors (Lipinski definition) is 6. The molecule has 11 nitrogen and oxygen atoms in total. The number of rotatable bonds is 4. The Kier molecular flexibility index (Phi) is 3.66. The predicted molar refractivity (Wildman–Crippen MR) is 30.4 cm³/mol. The van der Waals surface area contributed by atoms with Crippen molar-refractivity contribution in [1.82, 2.24) is 15.9 Å². The van der Waals surface area contributed by atoms with Crippen molar-refractivity contribution in [3.05, 3.63) is 20.6 Å². The fraction of sp³-hybridized carbons (Fsp3) is 0. The molecule has 0 heterocycles. The topological polar surface area (TPSA) is 154 Å². The molecule has 0 aromatic rings. The van der Waals surface area contributed by atoms with Crippen molar-refractivity contribution >= 4 is 0 Å². The molecule has 64 valence electrons. The van der Waals surface area contributed by atoms with Crippen LogP contribution < -0.4 is 5.59 Å². The zero-order valence-corrected chi connectivity index (χ0v) is 5.39. The summed E-state index contributed by atoms with van der Waals surface area (Å²) in [6, 6.07) is 0. The molecule has 0 amide bonds. The summed E-state index contributed by atoms with van der Waals surface area (Å²) >= 11 is 0. The molecule has 0 atom stereocenters. The summed E-state index contributed by atoms with van der Waals surface area (Å²) in [4.78, 5) is 12.0. The van der Waals surface area contributed by atoms with Crippen LogP contribution >= 0.6 is 0 Å². The van der Waals surface area contributed by atoms with E-state index in [1.54, 1.807) is 0 Å². The van der Waals surface area contributed by atoms with Crippen LogP contribution in [0.1, 0.15) is 0 Å². The van der Waals surface area contributed by atoms with Crippen LogP contribution in [0.15, 0.2) is 5.22 Å². The van der Waals surface area contributed by atoms with Gasteiger partial charge >= 0.3 is 0 Å². The van der Waals surface area contributed by atoms with Gasteiger partial charge < -0.3 is 0 Å². The molecule has 0 fully saturated rings. The molecule has 0 aliphatic rings. The number of nitrogens with zero attached hydrogens (tertiary/aromatic N) is 7. The molecule has 0 spiro atoms. The highest BCUT2D eigenvalue weighted by atomic mass is 16.7. The van der Waals surface area contributed by atoms with Crippen molar-refractivity contribution in [1.29, 1.82) is 5.26 Å². The highest BCUT2D eigenvalue weighted by molar-refractivity contribution is 4.57. The smallest absolute Gasteiger partial charge is 0.278 e. The predicted octanol–water partition coefficient (Wildman–Crippen LogP) is -0.703. The zero-order chi connectivity index (χ0) is 9.56. The average molecular weight is 174 g/mol. The molecule has 2 N–H and O–H groups in total. The minimum Gasteiger partial charge on any atom is -0.278 e. The fourth-order valence-corrected chi connectivity index (χ4v) is 0.286. The van der Waals surface area contributed by atoms with Crippen molar-refractivity contribution in [2.75, 3.05) is 0 Å². The largest absolute Gasteiger partial charge is 0.297 e. The molecule has 0 saturated carbocycles. The van der Waals surface area contributed by atoms with Crippen LogP contribution in [-0.4, -0.2) is 20.6 Å². The first kappa shape index (κ1) is 9.72. The van der Waals surface area contributed by atoms with Gasteiger partial charge in [0, 0.05) is 10.5 Å². The lowest BCUT2D eigenvalue weighted by Crippen LogP contribution is -2.46. The van der Waals surface area contributed by atoms with Crippen LogP contribution in [-0.2, 0) is 0 Å². The highest BCUT2D eigenvalue weighted by Crippen LogP contribution is 1.92. The van der Waals surface area contributed by atoms with Crippen LogP contribution in [0.2, 0.25) is 0 Å². The van der Waals surface area contributed by atoms with Gasteiger partial charge in [0.1, 0.15) is 0 Å². The van der Waals surface area contributed by atoms with E-state index in [0.29, 0.717) is 0 Å². The minimum atomic E-state index is -1.21. The van der Waals surface area contributed by atoms with E-state index >= 15 is 0 Å². The van der Waals surface area contributed by atoms with Gasteiger partial charge in [-0.3, -0.25) is 5.21 Å². The number of azide groups is 1. The molecule has 12 heavy (non-hydrogen) atoms. The van der Waals surface area contributed by atoms with Gasteiger partial charge in [0.15, 0.2) is 5.12 Å². The maximum atomic E-state index is 9.94. The minimum absolute atomic E-state index is 0.111. The van der Waals surface area contributed by atoms with Crippen molar-refractivity contribution < 1.29 is 10.2 Å². The summed E-state index contributed by atoms with van der Waals surface area (Å²) in [6.45, 7) is 0. The molecule has 0 aromatic heterocycles. The van der Waals surface area contributed by atoms with Crippen molar-refractivity contribution in [3.63, 3.8) is 0 Å². The number of nitrogens with one attached hydrogen (secondary N) is 1. The first-order valence-corrected chi connectivity index (χ1v) is 2.26. The number of nitriles is 1. The molecule has 0 aliphatic carbocycles. The van der Waals surface area contributed by atoms with Gasteiger partial charge in [-0.1, -0.05) is 0 Å². The molecule has 0 radical (unpaired) electrons. The summed E-state index contributed by atoms with van der Waals surface area (Å²) in [6.07, 6.45) is 1.01. The van der Waals surface area contributed by atoms with Crippen molar-refractivity contribution in [2.45, 2.75) is 0 Å². The molecular formula is CH2N8O3. The van der Waals surface area contributed by atoms with E-state index in [9.17, 15) is 10.1 Å². The van der Waals surface area contributed by atoms with Crippen molar-refractivity contribution in [2.24, 2.45) is 5.22 Å². The Hall–Kier alpha value is -2.28.